The fraction of sp³-hybridized carbons (Fsp3) is 0.630. The van der Waals surface area contributed by atoms with Crippen molar-refractivity contribution in [2.45, 2.75) is 108 Å². The number of unbranched alkanes of at least 4 members (excludes halogenated alkanes) is 4. The van der Waals surface area contributed by atoms with Crippen LogP contribution in [0.1, 0.15) is 72.3 Å². The van der Waals surface area contributed by atoms with Crippen molar-refractivity contribution in [1.29, 1.82) is 0 Å². The Balaban J connectivity index is 2.26. The summed E-state index contributed by atoms with van der Waals surface area (Å²) in [5.41, 5.74) is 0.392. The lowest BCUT2D eigenvalue weighted by atomic mass is 9.99. The molecule has 1 aliphatic rings. The van der Waals surface area contributed by atoms with Gasteiger partial charge in [0, 0.05) is 32.6 Å². The molecule has 0 radical (unpaired) electrons. The first kappa shape index (κ1) is 30.6. The van der Waals surface area contributed by atoms with Crippen LogP contribution >= 0.6 is 11.8 Å². The second-order valence-corrected chi connectivity index (χ2v) is 10.2. The van der Waals surface area contributed by atoms with Crippen molar-refractivity contribution in [2.24, 2.45) is 0 Å². The number of esters is 4. The Bertz CT molecular complexity index is 902. The quantitative estimate of drug-likeness (QED) is 0.204. The number of rotatable bonds is 13. The molecule has 2 rings (SSSR count). The molecule has 0 aromatic heterocycles. The molecule has 0 N–H and O–H groups in total. The predicted octanol–water partition coefficient (Wildman–Crippen LogP) is 4.37. The van der Waals surface area contributed by atoms with Crippen molar-refractivity contribution in [3.8, 4) is 0 Å². The fourth-order valence-corrected chi connectivity index (χ4v) is 5.19. The van der Waals surface area contributed by atoms with Gasteiger partial charge in [-0.25, -0.2) is 0 Å². The smallest absolute Gasteiger partial charge is 0.303 e. The molecule has 9 nitrogen and oxygen atoms in total. The summed E-state index contributed by atoms with van der Waals surface area (Å²) in [6.07, 6.45) is 2.68. The minimum Gasteiger partial charge on any atom is -0.463 e. The number of carbonyl (C=O) groups is 4. The summed E-state index contributed by atoms with van der Waals surface area (Å²) >= 11 is 1.28. The zero-order valence-electron chi connectivity index (χ0n) is 22.2. The molecule has 5 atom stereocenters. The van der Waals surface area contributed by atoms with Gasteiger partial charge in [0.15, 0.2) is 18.3 Å². The minimum atomic E-state index is -1.17. The molecule has 0 bridgehead atoms. The van der Waals surface area contributed by atoms with E-state index in [1.165, 1.54) is 70.7 Å². The maximum Gasteiger partial charge on any atom is 0.303 e. The monoisotopic (exact) mass is 538 g/mol. The van der Waals surface area contributed by atoms with Gasteiger partial charge >= 0.3 is 23.9 Å². The Kier molecular flexibility index (Phi) is 12.9. The Hall–Kier alpha value is -2.59. The number of hydrogen-bond donors (Lipinski definition) is 0. The van der Waals surface area contributed by atoms with E-state index in [0.717, 1.165) is 17.7 Å². The third kappa shape index (κ3) is 10.7. The molecular weight excluding hydrogens is 500 g/mol. The van der Waals surface area contributed by atoms with Gasteiger partial charge in [-0.3, -0.25) is 19.2 Å². The van der Waals surface area contributed by atoms with Gasteiger partial charge in [-0.05, 0) is 30.5 Å². The maximum absolute atomic E-state index is 12.0. The van der Waals surface area contributed by atoms with Crippen LogP contribution in [0.4, 0.5) is 0 Å². The van der Waals surface area contributed by atoms with Crippen LogP contribution in [0.2, 0.25) is 0 Å². The molecule has 1 aromatic carbocycles. The lowest BCUT2D eigenvalue weighted by molar-refractivity contribution is -0.237. The van der Waals surface area contributed by atoms with E-state index in [4.69, 9.17) is 23.7 Å². The molecule has 0 amide bonds. The van der Waals surface area contributed by atoms with Crippen LogP contribution in [-0.2, 0) is 49.3 Å². The normalized spacial score (nSPS) is 23.1. The van der Waals surface area contributed by atoms with E-state index in [1.807, 2.05) is 24.3 Å². The van der Waals surface area contributed by atoms with Crippen molar-refractivity contribution in [3.05, 3.63) is 29.8 Å². The average molecular weight is 539 g/mol. The van der Waals surface area contributed by atoms with E-state index >= 15 is 0 Å². The van der Waals surface area contributed by atoms with Gasteiger partial charge < -0.3 is 23.7 Å². The summed E-state index contributed by atoms with van der Waals surface area (Å²) in [6.45, 7) is 6.82. The van der Waals surface area contributed by atoms with Crippen molar-refractivity contribution >= 4 is 35.6 Å². The zero-order chi connectivity index (χ0) is 27.4. The summed E-state index contributed by atoms with van der Waals surface area (Å²) < 4.78 is 27.7. The summed E-state index contributed by atoms with van der Waals surface area (Å²) in [5.74, 6) is -2.48. The van der Waals surface area contributed by atoms with E-state index in [2.05, 4.69) is 6.92 Å². The highest BCUT2D eigenvalue weighted by atomic mass is 32.2. The molecule has 1 saturated heterocycles. The zero-order valence-corrected chi connectivity index (χ0v) is 23.0. The van der Waals surface area contributed by atoms with E-state index in [-0.39, 0.29) is 6.61 Å². The van der Waals surface area contributed by atoms with Crippen LogP contribution in [0.25, 0.3) is 0 Å². The fourth-order valence-electron chi connectivity index (χ4n) is 4.09. The first-order valence-electron chi connectivity index (χ1n) is 12.7. The molecule has 1 aromatic rings. The highest BCUT2D eigenvalue weighted by Gasteiger charge is 2.52. The Morgan fingerprint density at radius 3 is 1.89 bits per heavy atom. The van der Waals surface area contributed by atoms with E-state index in [9.17, 15) is 19.2 Å². The molecule has 206 valence electrons. The maximum atomic E-state index is 12.0. The summed E-state index contributed by atoms with van der Waals surface area (Å²) in [7, 11) is 0. The minimum absolute atomic E-state index is 0.244. The summed E-state index contributed by atoms with van der Waals surface area (Å²) in [4.78, 5) is 48.1. The molecule has 37 heavy (non-hydrogen) atoms. The predicted molar refractivity (Wildman–Crippen MR) is 137 cm³/mol. The number of carbonyl (C=O) groups excluding carboxylic acids is 4. The Morgan fingerprint density at radius 2 is 1.32 bits per heavy atom. The Labute approximate surface area is 222 Å². The molecule has 10 heteroatoms. The second-order valence-electron chi connectivity index (χ2n) is 8.99. The van der Waals surface area contributed by atoms with Crippen LogP contribution in [0.5, 0.6) is 0 Å². The van der Waals surface area contributed by atoms with Crippen LogP contribution < -0.4 is 0 Å². The van der Waals surface area contributed by atoms with E-state index < -0.39 is 53.7 Å². The van der Waals surface area contributed by atoms with Crippen LogP contribution in [0, 0.1) is 0 Å². The topological polar surface area (TPSA) is 114 Å². The van der Waals surface area contributed by atoms with Crippen LogP contribution in [0.3, 0.4) is 0 Å². The standard InChI is InChI=1S/C27H38O9S/c1-6-7-8-9-10-11-21-12-14-22(15-13-21)37-27-26(35-20(5)31)25(34-19(4)30)24(33-18(3)29)23(36-27)16-32-17(2)28/h12-15,23-27H,6-11,16H2,1-5H3/t23-,24-,25+,26-,27+/m1/s1. The first-order valence-corrected chi connectivity index (χ1v) is 13.5. The molecular formula is C27H38O9S. The summed E-state index contributed by atoms with van der Waals surface area (Å²) in [5, 5.41) is 0. The average Bonchev–Trinajstić information content (AvgIpc) is 2.81. The molecule has 0 spiro atoms. The van der Waals surface area contributed by atoms with Gasteiger partial charge in [-0.1, -0.05) is 56.5 Å². The molecule has 1 fully saturated rings. The lowest BCUT2D eigenvalue weighted by Gasteiger charge is -2.44. The van der Waals surface area contributed by atoms with Gasteiger partial charge in [0.1, 0.15) is 18.1 Å². The number of ether oxygens (including phenoxy) is 5. The van der Waals surface area contributed by atoms with Gasteiger partial charge in [0.25, 0.3) is 0 Å². The number of hydrogen-bond acceptors (Lipinski definition) is 10. The van der Waals surface area contributed by atoms with Crippen LogP contribution in [0.15, 0.2) is 29.2 Å². The number of benzene rings is 1. The van der Waals surface area contributed by atoms with Crippen molar-refractivity contribution < 1.29 is 42.9 Å². The van der Waals surface area contributed by atoms with E-state index in [0.29, 0.717) is 0 Å². The van der Waals surface area contributed by atoms with Crippen molar-refractivity contribution in [3.63, 3.8) is 0 Å². The van der Waals surface area contributed by atoms with Crippen LogP contribution in [-0.4, -0.2) is 60.3 Å². The largest absolute Gasteiger partial charge is 0.463 e. The molecule has 1 aliphatic heterocycles. The highest BCUT2D eigenvalue weighted by Crippen LogP contribution is 2.37. The molecule has 1 heterocycles. The molecule has 0 unspecified atom stereocenters. The molecule has 0 saturated carbocycles. The highest BCUT2D eigenvalue weighted by molar-refractivity contribution is 7.99. The van der Waals surface area contributed by atoms with Gasteiger partial charge in [-0.2, -0.15) is 0 Å². The van der Waals surface area contributed by atoms with Crippen molar-refractivity contribution in [2.75, 3.05) is 6.61 Å². The summed E-state index contributed by atoms with van der Waals surface area (Å²) in [6, 6.07) is 8.02. The number of thioether (sulfide) groups is 1. The SMILES string of the molecule is CCCCCCCc1ccc(S[C@@H]2O[C@H](COC(C)=O)[C@@H](OC(C)=O)[C@H](OC(C)=O)[C@H]2OC(C)=O)cc1. The first-order chi connectivity index (χ1) is 17.6. The van der Waals surface area contributed by atoms with E-state index in [1.54, 1.807) is 0 Å². The number of aryl methyl sites for hydroxylation is 1. The second kappa shape index (κ2) is 15.6. The lowest BCUT2D eigenvalue weighted by Crippen LogP contribution is -2.61. The third-order valence-corrected chi connectivity index (χ3v) is 6.85. The van der Waals surface area contributed by atoms with Crippen molar-refractivity contribution in [1.82, 2.24) is 0 Å². The molecule has 0 aliphatic carbocycles. The van der Waals surface area contributed by atoms with Gasteiger partial charge in [0.2, 0.25) is 0 Å². The van der Waals surface area contributed by atoms with Gasteiger partial charge in [0.05, 0.1) is 0 Å². The third-order valence-electron chi connectivity index (χ3n) is 5.69. The van der Waals surface area contributed by atoms with Gasteiger partial charge in [-0.15, -0.1) is 0 Å². The Morgan fingerprint density at radius 1 is 0.757 bits per heavy atom.